The van der Waals surface area contributed by atoms with Gasteiger partial charge in [0.15, 0.2) is 22.8 Å². The van der Waals surface area contributed by atoms with Crippen molar-refractivity contribution in [2.45, 2.75) is 63.6 Å². The molecule has 0 bridgehead atoms. The predicted octanol–water partition coefficient (Wildman–Crippen LogP) is 9.72. The van der Waals surface area contributed by atoms with Gasteiger partial charge in [-0.05, 0) is 110 Å². The summed E-state index contributed by atoms with van der Waals surface area (Å²) >= 11 is 0.107. The van der Waals surface area contributed by atoms with Gasteiger partial charge < -0.3 is 39.6 Å². The highest BCUT2D eigenvalue weighted by atomic mass is 32.2. The van der Waals surface area contributed by atoms with E-state index in [2.05, 4.69) is 38.4 Å². The minimum absolute atomic E-state index is 0.0554. The van der Waals surface area contributed by atoms with E-state index in [0.717, 1.165) is 60.7 Å². The molecule has 76 heavy (non-hydrogen) atoms. The molecule has 0 aliphatic rings. The molecule has 0 saturated heterocycles. The first-order chi connectivity index (χ1) is 35.6. The van der Waals surface area contributed by atoms with E-state index in [1.807, 2.05) is 0 Å². The van der Waals surface area contributed by atoms with E-state index in [-0.39, 0.29) is 91.5 Å². The van der Waals surface area contributed by atoms with E-state index in [9.17, 15) is 71.3 Å². The van der Waals surface area contributed by atoms with Gasteiger partial charge in [-0.1, -0.05) is 34.5 Å². The van der Waals surface area contributed by atoms with Crippen molar-refractivity contribution in [1.82, 2.24) is 0 Å². The first kappa shape index (κ1) is 63.6. The average Bonchev–Trinajstić information content (AvgIpc) is 3.34. The van der Waals surface area contributed by atoms with Crippen molar-refractivity contribution in [2.75, 3.05) is 38.8 Å². The normalized spacial score (nSPS) is 13.6. The van der Waals surface area contributed by atoms with Crippen LogP contribution in [0.2, 0.25) is 0 Å². The van der Waals surface area contributed by atoms with E-state index in [0.29, 0.717) is 6.42 Å². The van der Waals surface area contributed by atoms with Crippen LogP contribution in [0.4, 0.5) is 52.7 Å². The zero-order chi connectivity index (χ0) is 56.7. The number of rotatable bonds is 26. The van der Waals surface area contributed by atoms with Crippen molar-refractivity contribution in [3.8, 4) is 23.0 Å². The zero-order valence-electron chi connectivity index (χ0n) is 39.1. The Labute approximate surface area is 428 Å². The van der Waals surface area contributed by atoms with Gasteiger partial charge in [0.2, 0.25) is 0 Å². The van der Waals surface area contributed by atoms with Crippen LogP contribution in [0, 0.1) is 0 Å². The second kappa shape index (κ2) is 29.5. The molecule has 4 aromatic carbocycles. The third-order valence-electron chi connectivity index (χ3n) is 8.77. The number of ether oxygens (including phenoxy) is 4. The van der Waals surface area contributed by atoms with Crippen LogP contribution in [0.25, 0.3) is 0 Å². The lowest BCUT2D eigenvalue weighted by molar-refractivity contribution is -0.196. The predicted molar refractivity (Wildman–Crippen MR) is 245 cm³/mol. The molecule has 0 saturated carbocycles. The summed E-state index contributed by atoms with van der Waals surface area (Å²) in [7, 11) is -4.28. The van der Waals surface area contributed by atoms with Crippen LogP contribution in [0.3, 0.4) is 0 Å². The summed E-state index contributed by atoms with van der Waals surface area (Å²) in [6, 6.07) is 17.6. The van der Waals surface area contributed by atoms with E-state index in [1.54, 1.807) is 6.92 Å². The highest BCUT2D eigenvalue weighted by Gasteiger charge is 2.40. The Bertz CT molecular complexity index is 2540. The average molecular weight is 1140 g/mol. The molecule has 4 aromatic rings. The number of hydrogen-bond donors (Lipinski definition) is 4. The number of oxime groups is 4. The van der Waals surface area contributed by atoms with Crippen LogP contribution in [-0.4, -0.2) is 128 Å². The number of hydrogen-bond acceptors (Lipinski definition) is 19. The molecule has 4 N–H and O–H groups in total. The Morgan fingerprint density at radius 3 is 1.08 bits per heavy atom. The van der Waals surface area contributed by atoms with E-state index in [1.165, 1.54) is 43.3 Å². The minimum atomic E-state index is -5.03. The summed E-state index contributed by atoms with van der Waals surface area (Å²) in [5.74, 6) is -0.105. The minimum Gasteiger partial charge on any atom is -0.491 e. The molecule has 0 aromatic heterocycles. The molecule has 0 fully saturated rings. The van der Waals surface area contributed by atoms with Gasteiger partial charge in [-0.25, -0.2) is 4.89 Å². The molecule has 0 radical (unpaired) electrons. The summed E-state index contributed by atoms with van der Waals surface area (Å²) < 4.78 is 214. The van der Waals surface area contributed by atoms with Gasteiger partial charge >= 0.3 is 34.8 Å². The van der Waals surface area contributed by atoms with Crippen molar-refractivity contribution >= 4 is 45.3 Å². The van der Waals surface area contributed by atoms with Gasteiger partial charge in [-0.3, -0.25) is 8.57 Å². The summed E-state index contributed by atoms with van der Waals surface area (Å²) in [6.07, 6.45) is -21.3. The molecule has 420 valence electrons. The Kier molecular flexibility index (Phi) is 24.7. The van der Waals surface area contributed by atoms with Crippen LogP contribution in [0.15, 0.2) is 118 Å². The number of alkyl halides is 12. The van der Waals surface area contributed by atoms with Crippen molar-refractivity contribution in [1.29, 1.82) is 0 Å². The third kappa shape index (κ3) is 22.2. The van der Waals surface area contributed by atoms with Crippen molar-refractivity contribution < 1.29 is 118 Å². The van der Waals surface area contributed by atoms with Crippen LogP contribution >= 0.6 is 12.3 Å². The fourth-order valence-corrected chi connectivity index (χ4v) is 6.38. The number of aliphatic hydroxyl groups excluding tert-OH is 2. The van der Waals surface area contributed by atoms with Gasteiger partial charge in [0, 0.05) is 22.3 Å². The molecule has 18 nitrogen and oxygen atoms in total. The summed E-state index contributed by atoms with van der Waals surface area (Å²) in [4.78, 5) is 4.59. The molecule has 1 unspecified atom stereocenters. The monoisotopic (exact) mass is 1140 g/mol. The lowest BCUT2D eigenvalue weighted by Gasteiger charge is -2.15. The number of aliphatic hydroxyl groups is 2. The van der Waals surface area contributed by atoms with Crippen LogP contribution in [0.1, 0.15) is 48.9 Å². The highest BCUT2D eigenvalue weighted by molar-refractivity contribution is 7.89. The molecule has 0 aliphatic carbocycles. The number of halogens is 12. The largest absolute Gasteiger partial charge is 0.491 e. The van der Waals surface area contributed by atoms with Crippen molar-refractivity contribution in [3.05, 3.63) is 119 Å². The summed E-state index contributed by atoms with van der Waals surface area (Å²) in [5.41, 5.74) is -7.50. The lowest BCUT2D eigenvalue weighted by atomic mass is 10.1. The van der Waals surface area contributed by atoms with Gasteiger partial charge in [0.1, 0.15) is 61.6 Å². The second-order valence-electron chi connectivity index (χ2n) is 14.8. The second-order valence-corrected chi connectivity index (χ2v) is 16.9. The Balaban J connectivity index is 0.000000420. The highest BCUT2D eigenvalue weighted by Crippen LogP contribution is 2.29. The molecule has 0 heterocycles. The fourth-order valence-electron chi connectivity index (χ4n) is 5.38. The molecule has 1 atom stereocenters. The van der Waals surface area contributed by atoms with Crippen molar-refractivity contribution in [3.63, 3.8) is 0 Å². The number of nitrogens with zero attached hydrogens (tertiary/aromatic N) is 4. The van der Waals surface area contributed by atoms with E-state index < -0.39 is 81.2 Å². The topological polar surface area (TPSA) is 238 Å². The van der Waals surface area contributed by atoms with Gasteiger partial charge in [0.25, 0.3) is 12.3 Å². The quantitative estimate of drug-likeness (QED) is 0.00871. The van der Waals surface area contributed by atoms with Crippen LogP contribution in [0.5, 0.6) is 23.0 Å². The van der Waals surface area contributed by atoms with Gasteiger partial charge in [0.05, 0.1) is 12.4 Å². The number of benzene rings is 4. The third-order valence-corrected chi connectivity index (χ3v) is 10.3. The molecular weight excluding hydrogens is 1100 g/mol. The first-order valence-electron chi connectivity index (χ1n) is 21.3. The summed E-state index contributed by atoms with van der Waals surface area (Å²) in [5, 5.41) is 47.4. The standard InChI is InChI=1S/C25H28F6N2O9S2.C19H16F6N2O5/c1-3-13-39-42-43-40-32-22(24(26,27)28)17-5-9-20(10-6-17)37-15-19(34)16-38-21-11-7-18(8-12-21)23(25(29,30)31)33-41-44(35,36)14-4-2;20-18(21,22)16(26-29)11-1-5-14(6-2-11)31-9-13(28)10-32-15-7-3-12(4-8-15)17(27-30)19(23,24)25/h5-12,19,34H,3-4,13-16H2,1-2H3;1-8,13,28-30H,9-10H2/b32-22-,33-23-;26-16-,27-17-. The van der Waals surface area contributed by atoms with Gasteiger partial charge in [-0.15, -0.1) is 4.33 Å². The SMILES string of the molecule is CCCOOSO/N=C(/c1ccc(OCC(O)COc2ccc(/C(=N/OS(=O)(=O)CCC)C(F)(F)F)cc2)cc1)C(F)(F)F.O/N=C(/c1ccc(OCC(O)COc2ccc(/C(=N/O)C(F)(F)F)cc2)cc1)C(F)(F)F. The molecule has 0 spiro atoms. The molecule has 0 aliphatic heterocycles. The summed E-state index contributed by atoms with van der Waals surface area (Å²) in [6.45, 7) is 2.20. The molecule has 32 heteroatoms. The van der Waals surface area contributed by atoms with E-state index >= 15 is 0 Å². The molecule has 0 amide bonds. The maximum absolute atomic E-state index is 13.4. The zero-order valence-corrected chi connectivity index (χ0v) is 40.7. The van der Waals surface area contributed by atoms with Gasteiger partial charge in [-0.2, -0.15) is 61.1 Å². The lowest BCUT2D eigenvalue weighted by Crippen LogP contribution is -2.26. The Morgan fingerprint density at radius 1 is 0.500 bits per heavy atom. The maximum atomic E-state index is 13.4. The van der Waals surface area contributed by atoms with Crippen molar-refractivity contribution in [2.24, 2.45) is 20.6 Å². The van der Waals surface area contributed by atoms with Crippen LogP contribution < -0.4 is 18.9 Å². The Morgan fingerprint density at radius 2 is 0.803 bits per heavy atom. The maximum Gasteiger partial charge on any atom is 0.437 e. The first-order valence-corrected chi connectivity index (χ1v) is 23.6. The van der Waals surface area contributed by atoms with E-state index in [4.69, 9.17) is 29.4 Å². The van der Waals surface area contributed by atoms with Crippen LogP contribution in [-0.2, 0) is 27.9 Å². The molecule has 4 rings (SSSR count). The Hall–Kier alpha value is -6.74. The molecular formula is C44H44F12N4O14S2. The fraction of sp³-hybridized carbons (Fsp3) is 0.364. The smallest absolute Gasteiger partial charge is 0.437 e.